The number of hydrogen-bond donors (Lipinski definition) is 0. The van der Waals surface area contributed by atoms with Gasteiger partial charge in [0.25, 0.3) is 0 Å². The van der Waals surface area contributed by atoms with E-state index in [1.54, 1.807) is 17.3 Å². The van der Waals surface area contributed by atoms with Crippen LogP contribution in [0.2, 0.25) is 14.3 Å². The molecule has 41 valence electrons. The summed E-state index contributed by atoms with van der Waals surface area (Å²) >= 11 is -0.625. The predicted molar refractivity (Wildman–Crippen MR) is 35.0 cm³/mol. The summed E-state index contributed by atoms with van der Waals surface area (Å²) in [5.41, 5.74) is 0. The zero-order valence-electron chi connectivity index (χ0n) is 5.20. The van der Waals surface area contributed by atoms with Crippen molar-refractivity contribution in [3.05, 3.63) is 0 Å². The molecule has 1 rings (SSSR count). The van der Waals surface area contributed by atoms with Crippen molar-refractivity contribution in [2.45, 2.75) is 27.2 Å². The Morgan fingerprint density at radius 2 is 2.00 bits per heavy atom. The minimum atomic E-state index is -0.625. The first kappa shape index (κ1) is 5.93. The molecule has 0 aromatic carbocycles. The Morgan fingerprint density at radius 3 is 2.14 bits per heavy atom. The Kier molecular flexibility index (Phi) is 2.02. The van der Waals surface area contributed by atoms with Crippen LogP contribution in [0.15, 0.2) is 0 Å². The van der Waals surface area contributed by atoms with Crippen LogP contribution in [0.5, 0.6) is 0 Å². The van der Waals surface area contributed by atoms with Crippen molar-refractivity contribution in [2.75, 3.05) is 0 Å². The average Bonchev–Trinajstić information content (AvgIpc) is 2.17. The standard InChI is InChI=1S/C4H7.2CH3.Sn/c1-4-2-3-4;;;/h4H,1-3H2;2*1H3;. The molecule has 1 aliphatic rings. The van der Waals surface area contributed by atoms with Crippen LogP contribution in [0.4, 0.5) is 0 Å². The topological polar surface area (TPSA) is 0 Å². The Balaban J connectivity index is 1.97. The maximum absolute atomic E-state index is 2.50. The number of hydrogen-bond acceptors (Lipinski definition) is 0. The Morgan fingerprint density at radius 1 is 1.43 bits per heavy atom. The van der Waals surface area contributed by atoms with Crippen LogP contribution in [0, 0.1) is 5.92 Å². The summed E-state index contributed by atoms with van der Waals surface area (Å²) in [5, 5.41) is 0. The quantitative estimate of drug-likeness (QED) is 0.604. The fraction of sp³-hybridized carbons (Fsp3) is 1.00. The summed E-state index contributed by atoms with van der Waals surface area (Å²) < 4.78 is 1.67. The van der Waals surface area contributed by atoms with E-state index in [2.05, 4.69) is 9.88 Å². The molecule has 1 radical (unpaired) electrons. The fourth-order valence-electron chi connectivity index (χ4n) is 0.899. The van der Waals surface area contributed by atoms with Crippen LogP contribution in [0.3, 0.4) is 0 Å². The summed E-state index contributed by atoms with van der Waals surface area (Å²) in [5.74, 6) is 1.21. The summed E-state index contributed by atoms with van der Waals surface area (Å²) in [6, 6.07) is 0. The van der Waals surface area contributed by atoms with Gasteiger partial charge in [-0.05, 0) is 0 Å². The fourth-order valence-corrected chi connectivity index (χ4v) is 5.36. The van der Waals surface area contributed by atoms with Gasteiger partial charge in [-0.1, -0.05) is 0 Å². The summed E-state index contributed by atoms with van der Waals surface area (Å²) in [4.78, 5) is 5.00. The third-order valence-electron chi connectivity index (χ3n) is 1.39. The molecule has 1 fully saturated rings. The monoisotopic (exact) mass is 205 g/mol. The van der Waals surface area contributed by atoms with Crippen LogP contribution in [0.25, 0.3) is 0 Å². The van der Waals surface area contributed by atoms with Gasteiger partial charge >= 0.3 is 52.8 Å². The van der Waals surface area contributed by atoms with Crippen molar-refractivity contribution in [3.8, 4) is 0 Å². The molecule has 0 heterocycles. The molecule has 0 aliphatic heterocycles. The second-order valence-electron chi connectivity index (χ2n) is 2.85. The molecular formula is C6H13Sn. The summed E-state index contributed by atoms with van der Waals surface area (Å²) in [6.45, 7) is 0. The molecule has 0 atom stereocenters. The first-order chi connectivity index (χ1) is 3.29. The van der Waals surface area contributed by atoms with Crippen molar-refractivity contribution in [1.29, 1.82) is 0 Å². The molecule has 0 unspecified atom stereocenters. The third-order valence-corrected chi connectivity index (χ3v) is 5.37. The van der Waals surface area contributed by atoms with Gasteiger partial charge in [-0.15, -0.1) is 0 Å². The van der Waals surface area contributed by atoms with E-state index in [-0.39, 0.29) is 0 Å². The van der Waals surface area contributed by atoms with Gasteiger partial charge in [0.15, 0.2) is 0 Å². The van der Waals surface area contributed by atoms with E-state index in [0.29, 0.717) is 0 Å². The molecule has 1 aliphatic carbocycles. The maximum atomic E-state index is 2.50. The minimum absolute atomic E-state index is 0.625. The van der Waals surface area contributed by atoms with Crippen LogP contribution in [-0.4, -0.2) is 19.8 Å². The van der Waals surface area contributed by atoms with Crippen LogP contribution < -0.4 is 0 Å². The van der Waals surface area contributed by atoms with E-state index in [1.165, 1.54) is 5.92 Å². The Labute approximate surface area is 53.0 Å². The van der Waals surface area contributed by atoms with Gasteiger partial charge in [-0.3, -0.25) is 0 Å². The van der Waals surface area contributed by atoms with E-state index in [1.807, 2.05) is 0 Å². The van der Waals surface area contributed by atoms with Crippen LogP contribution in [-0.2, 0) is 0 Å². The summed E-state index contributed by atoms with van der Waals surface area (Å²) in [6.07, 6.45) is 3.12. The van der Waals surface area contributed by atoms with Crippen molar-refractivity contribution < 1.29 is 0 Å². The zero-order chi connectivity index (χ0) is 5.28. The third kappa shape index (κ3) is 2.57. The normalized spacial score (nSPS) is 21.0. The molecule has 0 aromatic heterocycles. The van der Waals surface area contributed by atoms with E-state index in [4.69, 9.17) is 0 Å². The molecule has 0 spiro atoms. The molecular weight excluding hydrogens is 191 g/mol. The Hall–Kier alpha value is 0.799. The zero-order valence-corrected chi connectivity index (χ0v) is 8.05. The van der Waals surface area contributed by atoms with Crippen LogP contribution >= 0.6 is 0 Å². The van der Waals surface area contributed by atoms with E-state index < -0.39 is 19.8 Å². The van der Waals surface area contributed by atoms with Gasteiger partial charge in [0.2, 0.25) is 0 Å². The first-order valence-electron chi connectivity index (χ1n) is 3.08. The second-order valence-corrected chi connectivity index (χ2v) is 10.9. The van der Waals surface area contributed by atoms with Gasteiger partial charge in [0.05, 0.1) is 0 Å². The second kappa shape index (κ2) is 2.38. The summed E-state index contributed by atoms with van der Waals surface area (Å²) in [7, 11) is 0. The molecule has 7 heavy (non-hydrogen) atoms. The molecule has 0 nitrogen and oxygen atoms in total. The van der Waals surface area contributed by atoms with Gasteiger partial charge in [0, 0.05) is 0 Å². The predicted octanol–water partition coefficient (Wildman–Crippen LogP) is 2.15. The van der Waals surface area contributed by atoms with Gasteiger partial charge in [-0.2, -0.15) is 0 Å². The SMILES string of the molecule is [CH3][Sn]([CH3])[CH2]C1CC1. The molecule has 1 heteroatoms. The molecule has 0 amide bonds. The van der Waals surface area contributed by atoms with E-state index in [0.717, 1.165) is 0 Å². The molecule has 0 N–H and O–H groups in total. The Bertz CT molecular complexity index is 55.2. The van der Waals surface area contributed by atoms with Gasteiger partial charge in [-0.25, -0.2) is 0 Å². The van der Waals surface area contributed by atoms with E-state index >= 15 is 0 Å². The van der Waals surface area contributed by atoms with Crippen LogP contribution in [0.1, 0.15) is 12.8 Å². The van der Waals surface area contributed by atoms with E-state index in [9.17, 15) is 0 Å². The van der Waals surface area contributed by atoms with Gasteiger partial charge < -0.3 is 0 Å². The molecule has 0 bridgehead atoms. The van der Waals surface area contributed by atoms with Crippen molar-refractivity contribution in [2.24, 2.45) is 5.92 Å². The molecule has 1 saturated carbocycles. The molecule has 0 saturated heterocycles. The van der Waals surface area contributed by atoms with Crippen molar-refractivity contribution in [1.82, 2.24) is 0 Å². The number of rotatable bonds is 2. The van der Waals surface area contributed by atoms with Crippen molar-refractivity contribution in [3.63, 3.8) is 0 Å². The van der Waals surface area contributed by atoms with Gasteiger partial charge in [0.1, 0.15) is 0 Å². The average molecular weight is 204 g/mol. The van der Waals surface area contributed by atoms with Crippen molar-refractivity contribution >= 4 is 19.8 Å². The molecule has 0 aromatic rings. The first-order valence-corrected chi connectivity index (χ1v) is 10.8.